The highest BCUT2D eigenvalue weighted by Gasteiger charge is 2.12. The van der Waals surface area contributed by atoms with Gasteiger partial charge in [-0.25, -0.2) is 4.39 Å². The Balaban J connectivity index is 2.97. The van der Waals surface area contributed by atoms with Gasteiger partial charge in [0.2, 0.25) is 0 Å². The molecular formula is C11H14ClF. The van der Waals surface area contributed by atoms with Crippen molar-refractivity contribution in [1.29, 1.82) is 0 Å². The van der Waals surface area contributed by atoms with Gasteiger partial charge in [0.15, 0.2) is 0 Å². The van der Waals surface area contributed by atoms with Gasteiger partial charge in [0, 0.05) is 0 Å². The van der Waals surface area contributed by atoms with E-state index in [1.165, 1.54) is 6.07 Å². The summed E-state index contributed by atoms with van der Waals surface area (Å²) < 4.78 is 12.9. The van der Waals surface area contributed by atoms with E-state index in [0.29, 0.717) is 11.5 Å². The lowest BCUT2D eigenvalue weighted by atomic mass is 10.0. The van der Waals surface area contributed by atoms with Crippen LogP contribution in [0.4, 0.5) is 4.39 Å². The third kappa shape index (κ3) is 2.44. The highest BCUT2D eigenvalue weighted by Crippen LogP contribution is 2.29. The van der Waals surface area contributed by atoms with Crippen molar-refractivity contribution in [3.05, 3.63) is 35.1 Å². The van der Waals surface area contributed by atoms with E-state index in [1.54, 1.807) is 13.0 Å². The zero-order valence-corrected chi connectivity index (χ0v) is 8.90. The van der Waals surface area contributed by atoms with Crippen molar-refractivity contribution in [2.45, 2.75) is 26.1 Å². The van der Waals surface area contributed by atoms with Crippen molar-refractivity contribution in [2.75, 3.05) is 0 Å². The molecule has 0 N–H and O–H groups in total. The van der Waals surface area contributed by atoms with Gasteiger partial charge in [-0.2, -0.15) is 0 Å². The summed E-state index contributed by atoms with van der Waals surface area (Å²) >= 11 is 6.14. The van der Waals surface area contributed by atoms with E-state index >= 15 is 0 Å². The average molecular weight is 201 g/mol. The van der Waals surface area contributed by atoms with Crippen molar-refractivity contribution < 1.29 is 4.39 Å². The fourth-order valence-corrected chi connectivity index (χ4v) is 1.36. The van der Waals surface area contributed by atoms with E-state index in [9.17, 15) is 4.39 Å². The predicted molar refractivity (Wildman–Crippen MR) is 54.6 cm³/mol. The van der Waals surface area contributed by atoms with Gasteiger partial charge in [-0.1, -0.05) is 26.0 Å². The fourth-order valence-electron chi connectivity index (χ4n) is 1.22. The summed E-state index contributed by atoms with van der Waals surface area (Å²) in [6.45, 7) is 5.86. The van der Waals surface area contributed by atoms with Gasteiger partial charge >= 0.3 is 0 Å². The Bertz CT molecular complexity index is 294. The van der Waals surface area contributed by atoms with Gasteiger partial charge < -0.3 is 0 Å². The van der Waals surface area contributed by atoms with E-state index in [4.69, 9.17) is 11.6 Å². The minimum absolute atomic E-state index is 0.0284. The Morgan fingerprint density at radius 3 is 2.38 bits per heavy atom. The summed E-state index contributed by atoms with van der Waals surface area (Å²) in [5, 5.41) is -0.0284. The first-order valence-electron chi connectivity index (χ1n) is 4.42. The predicted octanol–water partition coefficient (Wildman–Crippen LogP) is 4.07. The monoisotopic (exact) mass is 200 g/mol. The Hall–Kier alpha value is -0.560. The molecule has 72 valence electrons. The molecule has 0 spiro atoms. The first kappa shape index (κ1) is 10.5. The van der Waals surface area contributed by atoms with Gasteiger partial charge in [0.05, 0.1) is 5.38 Å². The quantitative estimate of drug-likeness (QED) is 0.632. The Kier molecular flexibility index (Phi) is 3.32. The Labute approximate surface area is 83.7 Å². The lowest BCUT2D eigenvalue weighted by molar-refractivity contribution is 0.605. The molecule has 1 rings (SSSR count). The molecule has 0 saturated carbocycles. The van der Waals surface area contributed by atoms with Crippen LogP contribution in [-0.4, -0.2) is 0 Å². The molecule has 0 bridgehead atoms. The van der Waals surface area contributed by atoms with Crippen LogP contribution in [-0.2, 0) is 0 Å². The number of aryl methyl sites for hydroxylation is 1. The summed E-state index contributed by atoms with van der Waals surface area (Å²) in [6, 6.07) is 5.04. The molecule has 0 nitrogen and oxygen atoms in total. The van der Waals surface area contributed by atoms with Crippen LogP contribution in [0.2, 0.25) is 0 Å². The molecular weight excluding hydrogens is 187 g/mol. The molecule has 0 saturated heterocycles. The molecule has 0 heterocycles. The highest BCUT2D eigenvalue weighted by atomic mass is 35.5. The van der Waals surface area contributed by atoms with E-state index in [1.807, 2.05) is 6.07 Å². The largest absolute Gasteiger partial charge is 0.207 e. The first-order valence-corrected chi connectivity index (χ1v) is 4.86. The van der Waals surface area contributed by atoms with E-state index in [0.717, 1.165) is 5.56 Å². The molecule has 1 aromatic carbocycles. The summed E-state index contributed by atoms with van der Waals surface area (Å²) in [4.78, 5) is 0. The minimum Gasteiger partial charge on any atom is -0.207 e. The second-order valence-corrected chi connectivity index (χ2v) is 4.12. The third-order valence-electron chi connectivity index (χ3n) is 2.09. The second kappa shape index (κ2) is 4.10. The maximum atomic E-state index is 12.9. The average Bonchev–Trinajstić information content (AvgIpc) is 2.08. The third-order valence-corrected chi connectivity index (χ3v) is 2.84. The Morgan fingerprint density at radius 1 is 1.31 bits per heavy atom. The number of hydrogen-bond acceptors (Lipinski definition) is 0. The summed E-state index contributed by atoms with van der Waals surface area (Å²) in [6.07, 6.45) is 0. The molecule has 2 heteroatoms. The highest BCUT2D eigenvalue weighted by molar-refractivity contribution is 6.20. The molecule has 0 aliphatic carbocycles. The molecule has 0 aliphatic heterocycles. The number of rotatable bonds is 2. The van der Waals surface area contributed by atoms with Gasteiger partial charge in [0.25, 0.3) is 0 Å². The molecule has 0 aromatic heterocycles. The van der Waals surface area contributed by atoms with Crippen LogP contribution >= 0.6 is 11.6 Å². The lowest BCUT2D eigenvalue weighted by Gasteiger charge is -2.14. The van der Waals surface area contributed by atoms with Gasteiger partial charge in [0.1, 0.15) is 5.82 Å². The van der Waals surface area contributed by atoms with Crippen molar-refractivity contribution >= 4 is 11.6 Å². The van der Waals surface area contributed by atoms with Crippen LogP contribution in [0.15, 0.2) is 18.2 Å². The maximum absolute atomic E-state index is 12.9. The van der Waals surface area contributed by atoms with Crippen LogP contribution in [0.5, 0.6) is 0 Å². The lowest BCUT2D eigenvalue weighted by Crippen LogP contribution is -2.00. The molecule has 1 atom stereocenters. The van der Waals surface area contributed by atoms with Crippen molar-refractivity contribution in [1.82, 2.24) is 0 Å². The smallest absolute Gasteiger partial charge is 0.126 e. The SMILES string of the molecule is Cc1cc(C(Cl)C(C)C)ccc1F. The number of alkyl halides is 1. The van der Waals surface area contributed by atoms with E-state index in [-0.39, 0.29) is 11.2 Å². The zero-order valence-electron chi connectivity index (χ0n) is 8.14. The maximum Gasteiger partial charge on any atom is 0.126 e. The van der Waals surface area contributed by atoms with Crippen LogP contribution in [0, 0.1) is 18.7 Å². The van der Waals surface area contributed by atoms with Crippen LogP contribution in [0.3, 0.4) is 0 Å². The first-order chi connectivity index (χ1) is 6.02. The van der Waals surface area contributed by atoms with Crippen LogP contribution in [0.1, 0.15) is 30.4 Å². The number of hydrogen-bond donors (Lipinski definition) is 0. The van der Waals surface area contributed by atoms with E-state index in [2.05, 4.69) is 13.8 Å². The van der Waals surface area contributed by atoms with E-state index < -0.39 is 0 Å². The zero-order chi connectivity index (χ0) is 10.0. The Morgan fingerprint density at radius 2 is 1.92 bits per heavy atom. The van der Waals surface area contributed by atoms with Crippen molar-refractivity contribution in [3.63, 3.8) is 0 Å². The molecule has 0 amide bonds. The molecule has 0 aliphatic rings. The molecule has 0 radical (unpaired) electrons. The normalized spacial score (nSPS) is 13.4. The number of halogens is 2. The summed E-state index contributed by atoms with van der Waals surface area (Å²) in [5.41, 5.74) is 1.65. The molecule has 1 unspecified atom stereocenters. The van der Waals surface area contributed by atoms with Gasteiger partial charge in [-0.05, 0) is 30.0 Å². The van der Waals surface area contributed by atoms with Crippen molar-refractivity contribution in [2.24, 2.45) is 5.92 Å². The molecule has 1 aromatic rings. The summed E-state index contributed by atoms with van der Waals surface area (Å²) in [7, 11) is 0. The number of benzene rings is 1. The molecule has 0 fully saturated rings. The van der Waals surface area contributed by atoms with Gasteiger partial charge in [-0.3, -0.25) is 0 Å². The second-order valence-electron chi connectivity index (χ2n) is 3.65. The van der Waals surface area contributed by atoms with Gasteiger partial charge in [-0.15, -0.1) is 11.6 Å². The molecule has 13 heavy (non-hydrogen) atoms. The topological polar surface area (TPSA) is 0 Å². The fraction of sp³-hybridized carbons (Fsp3) is 0.455. The summed E-state index contributed by atoms with van der Waals surface area (Å²) in [5.74, 6) is 0.197. The standard InChI is InChI=1S/C11H14ClF/c1-7(2)11(12)9-4-5-10(13)8(3)6-9/h4-7,11H,1-3H3. The van der Waals surface area contributed by atoms with Crippen molar-refractivity contribution in [3.8, 4) is 0 Å². The van der Waals surface area contributed by atoms with Crippen LogP contribution < -0.4 is 0 Å². The minimum atomic E-state index is -0.170. The van der Waals surface area contributed by atoms with Crippen LogP contribution in [0.25, 0.3) is 0 Å².